The van der Waals surface area contributed by atoms with Crippen molar-refractivity contribution in [2.24, 2.45) is 17.6 Å². The first-order valence-corrected chi connectivity index (χ1v) is 8.11. The van der Waals surface area contributed by atoms with Crippen molar-refractivity contribution in [3.8, 4) is 0 Å². The molecule has 2 amide bonds. The van der Waals surface area contributed by atoms with Crippen LogP contribution in [0.3, 0.4) is 0 Å². The van der Waals surface area contributed by atoms with Crippen LogP contribution in [0.25, 0.3) is 0 Å². The molecule has 0 aromatic heterocycles. The van der Waals surface area contributed by atoms with Crippen LogP contribution in [0.4, 0.5) is 4.79 Å². The zero-order chi connectivity index (χ0) is 16.9. The summed E-state index contributed by atoms with van der Waals surface area (Å²) >= 11 is 0. The van der Waals surface area contributed by atoms with Gasteiger partial charge in [-0.2, -0.15) is 0 Å². The number of nitrogens with zero attached hydrogens (tertiary/aromatic N) is 1. The highest BCUT2D eigenvalue weighted by Crippen LogP contribution is 2.18. The molecule has 0 spiro atoms. The van der Waals surface area contributed by atoms with E-state index in [2.05, 4.69) is 5.32 Å². The van der Waals surface area contributed by atoms with E-state index in [9.17, 15) is 9.59 Å². The fourth-order valence-electron chi connectivity index (χ4n) is 2.47. The lowest BCUT2D eigenvalue weighted by molar-refractivity contribution is -0.135. The largest absolute Gasteiger partial charge is 0.444 e. The summed E-state index contributed by atoms with van der Waals surface area (Å²) in [4.78, 5) is 25.8. The van der Waals surface area contributed by atoms with Gasteiger partial charge < -0.3 is 20.7 Å². The van der Waals surface area contributed by atoms with Crippen molar-refractivity contribution in [3.63, 3.8) is 0 Å². The second kappa shape index (κ2) is 7.81. The Bertz CT molecular complexity index is 391. The SMILES string of the molecule is CC(C)[C@H](N)C(=O)N1CCCC(CNC(=O)OC(C)(C)C)C1. The monoisotopic (exact) mass is 313 g/mol. The minimum atomic E-state index is -0.497. The number of carbonyl (C=O) groups excluding carboxylic acids is 2. The molecule has 1 aliphatic rings. The predicted molar refractivity (Wildman–Crippen MR) is 86.4 cm³/mol. The van der Waals surface area contributed by atoms with Crippen molar-refractivity contribution in [1.29, 1.82) is 0 Å². The molecule has 6 nitrogen and oxygen atoms in total. The van der Waals surface area contributed by atoms with Crippen molar-refractivity contribution in [3.05, 3.63) is 0 Å². The van der Waals surface area contributed by atoms with Crippen LogP contribution in [0.1, 0.15) is 47.5 Å². The van der Waals surface area contributed by atoms with Gasteiger partial charge in [-0.05, 0) is 45.4 Å². The van der Waals surface area contributed by atoms with Crippen LogP contribution < -0.4 is 11.1 Å². The normalized spacial score (nSPS) is 20.7. The molecule has 22 heavy (non-hydrogen) atoms. The first-order valence-electron chi connectivity index (χ1n) is 8.11. The first-order chi connectivity index (χ1) is 10.1. The molecule has 0 bridgehead atoms. The number of nitrogens with two attached hydrogens (primary N) is 1. The van der Waals surface area contributed by atoms with Crippen molar-refractivity contribution in [2.75, 3.05) is 19.6 Å². The maximum atomic E-state index is 12.3. The Kier molecular flexibility index (Phi) is 6.66. The third-order valence-electron chi connectivity index (χ3n) is 3.77. The number of amides is 2. The molecule has 1 unspecified atom stereocenters. The van der Waals surface area contributed by atoms with Gasteiger partial charge in [0.15, 0.2) is 0 Å². The van der Waals surface area contributed by atoms with Crippen LogP contribution in [0.2, 0.25) is 0 Å². The lowest BCUT2D eigenvalue weighted by atomic mass is 9.96. The van der Waals surface area contributed by atoms with Gasteiger partial charge in [-0.1, -0.05) is 13.8 Å². The van der Waals surface area contributed by atoms with E-state index in [0.29, 0.717) is 13.1 Å². The average molecular weight is 313 g/mol. The molecule has 0 aliphatic carbocycles. The van der Waals surface area contributed by atoms with Gasteiger partial charge in [0.1, 0.15) is 5.60 Å². The van der Waals surface area contributed by atoms with E-state index < -0.39 is 17.7 Å². The second-order valence-corrected chi connectivity index (χ2v) is 7.45. The van der Waals surface area contributed by atoms with Crippen molar-refractivity contribution in [1.82, 2.24) is 10.2 Å². The first kappa shape index (κ1) is 18.7. The van der Waals surface area contributed by atoms with E-state index in [-0.39, 0.29) is 17.7 Å². The van der Waals surface area contributed by atoms with Gasteiger partial charge in [0.05, 0.1) is 6.04 Å². The number of likely N-dealkylation sites (tertiary alicyclic amines) is 1. The molecule has 0 aromatic carbocycles. The maximum absolute atomic E-state index is 12.3. The van der Waals surface area contributed by atoms with Gasteiger partial charge in [-0.3, -0.25) is 4.79 Å². The molecule has 128 valence electrons. The summed E-state index contributed by atoms with van der Waals surface area (Å²) in [5.74, 6) is 0.398. The topological polar surface area (TPSA) is 84.7 Å². The van der Waals surface area contributed by atoms with Gasteiger partial charge in [0.2, 0.25) is 5.91 Å². The number of ether oxygens (including phenoxy) is 1. The molecule has 0 radical (unpaired) electrons. The number of piperidine rings is 1. The molecule has 6 heteroatoms. The molecule has 1 rings (SSSR count). The van der Waals surface area contributed by atoms with Crippen LogP contribution in [0.5, 0.6) is 0 Å². The number of rotatable bonds is 4. The average Bonchev–Trinajstić information content (AvgIpc) is 2.42. The van der Waals surface area contributed by atoms with Crippen molar-refractivity contribution >= 4 is 12.0 Å². The Balaban J connectivity index is 2.44. The predicted octanol–water partition coefficient (Wildman–Crippen LogP) is 1.73. The Labute approximate surface area is 133 Å². The van der Waals surface area contributed by atoms with E-state index in [1.165, 1.54) is 0 Å². The molecule has 2 atom stereocenters. The molecule has 0 aromatic rings. The molecule has 1 fully saturated rings. The van der Waals surface area contributed by atoms with Gasteiger partial charge >= 0.3 is 6.09 Å². The number of nitrogens with one attached hydrogen (secondary N) is 1. The highest BCUT2D eigenvalue weighted by Gasteiger charge is 2.28. The Morgan fingerprint density at radius 1 is 1.36 bits per heavy atom. The van der Waals surface area contributed by atoms with Crippen molar-refractivity contribution < 1.29 is 14.3 Å². The highest BCUT2D eigenvalue weighted by atomic mass is 16.6. The van der Waals surface area contributed by atoms with E-state index in [4.69, 9.17) is 10.5 Å². The lowest BCUT2D eigenvalue weighted by Crippen LogP contribution is -2.51. The Hall–Kier alpha value is -1.30. The van der Waals surface area contributed by atoms with Gasteiger partial charge in [-0.25, -0.2) is 4.79 Å². The zero-order valence-corrected chi connectivity index (χ0v) is 14.5. The molecule has 3 N–H and O–H groups in total. The molecule has 1 saturated heterocycles. The summed E-state index contributed by atoms with van der Waals surface area (Å²) in [5, 5.41) is 2.79. The van der Waals surface area contributed by atoms with Crippen LogP contribution in [0.15, 0.2) is 0 Å². The summed E-state index contributed by atoms with van der Waals surface area (Å²) in [6, 6.07) is -0.447. The number of hydrogen-bond donors (Lipinski definition) is 2. The van der Waals surface area contributed by atoms with Crippen LogP contribution in [0, 0.1) is 11.8 Å². The minimum absolute atomic E-state index is 0.0111. The fraction of sp³-hybridized carbons (Fsp3) is 0.875. The highest BCUT2D eigenvalue weighted by molar-refractivity contribution is 5.82. The number of hydrogen-bond acceptors (Lipinski definition) is 4. The van der Waals surface area contributed by atoms with Gasteiger partial charge in [0.25, 0.3) is 0 Å². The zero-order valence-electron chi connectivity index (χ0n) is 14.5. The maximum Gasteiger partial charge on any atom is 0.407 e. The van der Waals surface area contributed by atoms with Crippen molar-refractivity contribution in [2.45, 2.75) is 59.1 Å². The second-order valence-electron chi connectivity index (χ2n) is 7.45. The molecule has 1 aliphatic heterocycles. The van der Waals surface area contributed by atoms with Gasteiger partial charge in [0, 0.05) is 19.6 Å². The Morgan fingerprint density at radius 3 is 2.55 bits per heavy atom. The molecular weight excluding hydrogens is 282 g/mol. The fourth-order valence-corrected chi connectivity index (χ4v) is 2.47. The third-order valence-corrected chi connectivity index (χ3v) is 3.77. The lowest BCUT2D eigenvalue weighted by Gasteiger charge is -2.35. The summed E-state index contributed by atoms with van der Waals surface area (Å²) in [5.41, 5.74) is 5.45. The molecule has 0 saturated carbocycles. The number of carbonyl (C=O) groups is 2. The third kappa shape index (κ3) is 6.22. The van der Waals surface area contributed by atoms with E-state index in [1.54, 1.807) is 0 Å². The molecular formula is C16H31N3O3. The quantitative estimate of drug-likeness (QED) is 0.828. The number of alkyl carbamates (subject to hydrolysis) is 1. The van der Waals surface area contributed by atoms with Crippen LogP contribution >= 0.6 is 0 Å². The minimum Gasteiger partial charge on any atom is -0.444 e. The van der Waals surface area contributed by atoms with Crippen LogP contribution in [-0.4, -0.2) is 48.2 Å². The summed E-state index contributed by atoms with van der Waals surface area (Å²) < 4.78 is 5.22. The van der Waals surface area contributed by atoms with Gasteiger partial charge in [-0.15, -0.1) is 0 Å². The summed E-state index contributed by atoms with van der Waals surface area (Å²) in [6.07, 6.45) is 1.53. The van der Waals surface area contributed by atoms with E-state index >= 15 is 0 Å². The summed E-state index contributed by atoms with van der Waals surface area (Å²) in [7, 11) is 0. The summed E-state index contributed by atoms with van der Waals surface area (Å²) in [6.45, 7) is 11.3. The smallest absolute Gasteiger partial charge is 0.407 e. The molecule has 1 heterocycles. The van der Waals surface area contributed by atoms with Crippen LogP contribution in [-0.2, 0) is 9.53 Å². The van der Waals surface area contributed by atoms with E-state index in [1.807, 2.05) is 39.5 Å². The Morgan fingerprint density at radius 2 is 2.00 bits per heavy atom. The standard InChI is InChI=1S/C16H31N3O3/c1-11(2)13(17)14(20)19-8-6-7-12(10-19)9-18-15(21)22-16(3,4)5/h11-13H,6-10,17H2,1-5H3,(H,18,21)/t12?,13-/m0/s1. The van der Waals surface area contributed by atoms with E-state index in [0.717, 1.165) is 19.4 Å².